The van der Waals surface area contributed by atoms with Gasteiger partial charge in [-0.05, 0) is 50.5 Å². The van der Waals surface area contributed by atoms with E-state index in [1.165, 1.54) is 35.9 Å². The molecule has 2 nitrogen and oxygen atoms in total. The molecule has 2 rings (SSSR count). The number of nitrogens with zero attached hydrogens (tertiary/aromatic N) is 2. The fourth-order valence-corrected chi connectivity index (χ4v) is 2.30. The van der Waals surface area contributed by atoms with E-state index in [1.807, 2.05) is 0 Å². The normalized spacial score (nSPS) is 11.3. The maximum absolute atomic E-state index is 4.66. The quantitative estimate of drug-likeness (QED) is 0.721. The molecule has 0 spiro atoms. The molecule has 0 N–H and O–H groups in total. The second kappa shape index (κ2) is 4.91. The van der Waals surface area contributed by atoms with Crippen molar-refractivity contribution < 1.29 is 0 Å². The highest BCUT2D eigenvalue weighted by atomic mass is 15.1. The van der Waals surface area contributed by atoms with Gasteiger partial charge >= 0.3 is 0 Å². The van der Waals surface area contributed by atoms with Crippen molar-refractivity contribution in [1.82, 2.24) is 9.55 Å². The number of aromatic nitrogens is 2. The van der Waals surface area contributed by atoms with Crippen molar-refractivity contribution in [3.8, 4) is 0 Å². The van der Waals surface area contributed by atoms with Crippen molar-refractivity contribution in [2.75, 3.05) is 0 Å². The summed E-state index contributed by atoms with van der Waals surface area (Å²) >= 11 is 0. The molecule has 0 aliphatic rings. The Morgan fingerprint density at radius 2 is 1.76 bits per heavy atom. The molecule has 1 aromatic heterocycles. The van der Waals surface area contributed by atoms with E-state index in [4.69, 9.17) is 0 Å². The SMILES string of the molecule is CCCCCn1c(C)nc2cc(C)c(C)cc21. The van der Waals surface area contributed by atoms with Gasteiger partial charge in [-0.3, -0.25) is 0 Å². The molecule has 0 atom stereocenters. The number of hydrogen-bond donors (Lipinski definition) is 0. The molecular weight excluding hydrogens is 208 g/mol. The molecule has 0 amide bonds. The molecule has 0 saturated heterocycles. The largest absolute Gasteiger partial charge is 0.328 e. The molecule has 17 heavy (non-hydrogen) atoms. The molecule has 1 aromatic carbocycles. The molecule has 0 aliphatic carbocycles. The molecule has 2 heteroatoms. The van der Waals surface area contributed by atoms with Crippen LogP contribution in [-0.2, 0) is 6.54 Å². The van der Waals surface area contributed by atoms with Crippen molar-refractivity contribution in [2.24, 2.45) is 0 Å². The third-order valence-electron chi connectivity index (χ3n) is 3.54. The van der Waals surface area contributed by atoms with Crippen LogP contribution in [0.5, 0.6) is 0 Å². The Kier molecular flexibility index (Phi) is 3.51. The van der Waals surface area contributed by atoms with E-state index in [-0.39, 0.29) is 0 Å². The van der Waals surface area contributed by atoms with Crippen LogP contribution in [0.3, 0.4) is 0 Å². The maximum Gasteiger partial charge on any atom is 0.106 e. The van der Waals surface area contributed by atoms with Crippen molar-refractivity contribution in [1.29, 1.82) is 0 Å². The van der Waals surface area contributed by atoms with Crippen LogP contribution in [0.4, 0.5) is 0 Å². The molecule has 0 radical (unpaired) electrons. The van der Waals surface area contributed by atoms with E-state index in [0.717, 1.165) is 17.9 Å². The highest BCUT2D eigenvalue weighted by Gasteiger charge is 2.08. The fourth-order valence-electron chi connectivity index (χ4n) is 2.30. The number of hydrogen-bond acceptors (Lipinski definition) is 1. The maximum atomic E-state index is 4.66. The minimum atomic E-state index is 1.10. The molecule has 0 unspecified atom stereocenters. The first-order valence-corrected chi connectivity index (χ1v) is 6.57. The lowest BCUT2D eigenvalue weighted by Gasteiger charge is -2.07. The standard InChI is InChI=1S/C15H22N2/c1-5-6-7-8-17-13(4)16-14-9-11(2)12(3)10-15(14)17/h9-10H,5-8H2,1-4H3. The fraction of sp³-hybridized carbons (Fsp3) is 0.533. The number of aryl methyl sites for hydroxylation is 4. The van der Waals surface area contributed by atoms with Crippen LogP contribution in [0.25, 0.3) is 11.0 Å². The molecule has 0 saturated carbocycles. The van der Waals surface area contributed by atoms with Crippen LogP contribution in [0.2, 0.25) is 0 Å². The third-order valence-corrected chi connectivity index (χ3v) is 3.54. The van der Waals surface area contributed by atoms with E-state index in [1.54, 1.807) is 0 Å². The Morgan fingerprint density at radius 3 is 2.47 bits per heavy atom. The molecule has 92 valence electrons. The first-order chi connectivity index (χ1) is 8.13. The minimum Gasteiger partial charge on any atom is -0.328 e. The second-order valence-corrected chi connectivity index (χ2v) is 4.94. The lowest BCUT2D eigenvalue weighted by atomic mass is 10.1. The average Bonchev–Trinajstić information content (AvgIpc) is 2.57. The summed E-state index contributed by atoms with van der Waals surface area (Å²) in [4.78, 5) is 4.66. The molecular formula is C15H22N2. The van der Waals surface area contributed by atoms with Crippen molar-refractivity contribution >= 4 is 11.0 Å². The summed E-state index contributed by atoms with van der Waals surface area (Å²) in [6.45, 7) is 9.77. The van der Waals surface area contributed by atoms with Crippen LogP contribution < -0.4 is 0 Å². The number of rotatable bonds is 4. The van der Waals surface area contributed by atoms with Gasteiger partial charge in [0.25, 0.3) is 0 Å². The summed E-state index contributed by atoms with van der Waals surface area (Å²) in [6, 6.07) is 4.48. The van der Waals surface area contributed by atoms with E-state index in [2.05, 4.69) is 49.4 Å². The van der Waals surface area contributed by atoms with E-state index < -0.39 is 0 Å². The first-order valence-electron chi connectivity index (χ1n) is 6.57. The highest BCUT2D eigenvalue weighted by molar-refractivity contribution is 5.78. The molecule has 1 heterocycles. The summed E-state index contributed by atoms with van der Waals surface area (Å²) in [5.41, 5.74) is 5.12. The predicted octanol–water partition coefficient (Wildman–Crippen LogP) is 4.15. The second-order valence-electron chi connectivity index (χ2n) is 4.94. The Balaban J connectivity index is 2.40. The topological polar surface area (TPSA) is 17.8 Å². The summed E-state index contributed by atoms with van der Waals surface area (Å²) < 4.78 is 2.36. The van der Waals surface area contributed by atoms with Crippen LogP contribution >= 0.6 is 0 Å². The Labute approximate surface area is 104 Å². The lowest BCUT2D eigenvalue weighted by molar-refractivity contribution is 0.602. The average molecular weight is 230 g/mol. The number of unbranched alkanes of at least 4 members (excludes halogenated alkanes) is 2. The minimum absolute atomic E-state index is 1.10. The van der Waals surface area contributed by atoms with E-state index >= 15 is 0 Å². The predicted molar refractivity (Wildman–Crippen MR) is 73.5 cm³/mol. The van der Waals surface area contributed by atoms with Gasteiger partial charge in [-0.1, -0.05) is 19.8 Å². The molecule has 0 fully saturated rings. The molecule has 0 aliphatic heterocycles. The summed E-state index contributed by atoms with van der Waals surface area (Å²) in [5, 5.41) is 0. The van der Waals surface area contributed by atoms with Crippen LogP contribution in [0.15, 0.2) is 12.1 Å². The smallest absolute Gasteiger partial charge is 0.106 e. The van der Waals surface area contributed by atoms with E-state index in [0.29, 0.717) is 0 Å². The summed E-state index contributed by atoms with van der Waals surface area (Å²) in [6.07, 6.45) is 3.81. The summed E-state index contributed by atoms with van der Waals surface area (Å²) in [7, 11) is 0. The molecule has 2 aromatic rings. The van der Waals surface area contributed by atoms with Crippen molar-refractivity contribution in [2.45, 2.75) is 53.5 Å². The zero-order valence-corrected chi connectivity index (χ0v) is 11.4. The van der Waals surface area contributed by atoms with Gasteiger partial charge in [0.2, 0.25) is 0 Å². The van der Waals surface area contributed by atoms with Gasteiger partial charge in [-0.15, -0.1) is 0 Å². The van der Waals surface area contributed by atoms with Gasteiger partial charge in [0, 0.05) is 6.54 Å². The van der Waals surface area contributed by atoms with Gasteiger partial charge in [-0.25, -0.2) is 4.98 Å². The van der Waals surface area contributed by atoms with Gasteiger partial charge < -0.3 is 4.57 Å². The van der Waals surface area contributed by atoms with Gasteiger partial charge in [-0.2, -0.15) is 0 Å². The lowest BCUT2D eigenvalue weighted by Crippen LogP contribution is -2.00. The summed E-state index contributed by atoms with van der Waals surface area (Å²) in [5.74, 6) is 1.14. The van der Waals surface area contributed by atoms with Crippen LogP contribution in [0.1, 0.15) is 43.1 Å². The number of benzene rings is 1. The first kappa shape index (κ1) is 12.2. The van der Waals surface area contributed by atoms with Gasteiger partial charge in [0.15, 0.2) is 0 Å². The van der Waals surface area contributed by atoms with Crippen molar-refractivity contribution in [3.63, 3.8) is 0 Å². The van der Waals surface area contributed by atoms with E-state index in [9.17, 15) is 0 Å². The van der Waals surface area contributed by atoms with Crippen LogP contribution in [-0.4, -0.2) is 9.55 Å². The number of fused-ring (bicyclic) bond motifs is 1. The van der Waals surface area contributed by atoms with Gasteiger partial charge in [0.05, 0.1) is 11.0 Å². The highest BCUT2D eigenvalue weighted by Crippen LogP contribution is 2.21. The Hall–Kier alpha value is -1.31. The third kappa shape index (κ3) is 2.36. The zero-order valence-electron chi connectivity index (χ0n) is 11.4. The monoisotopic (exact) mass is 230 g/mol. The van der Waals surface area contributed by atoms with Crippen molar-refractivity contribution in [3.05, 3.63) is 29.1 Å². The Morgan fingerprint density at radius 1 is 1.06 bits per heavy atom. The Bertz CT molecular complexity index is 523. The van der Waals surface area contributed by atoms with Crippen LogP contribution in [0, 0.1) is 20.8 Å². The van der Waals surface area contributed by atoms with Gasteiger partial charge in [0.1, 0.15) is 5.82 Å². The number of imidazole rings is 1. The zero-order chi connectivity index (χ0) is 12.4. The molecule has 0 bridgehead atoms.